The monoisotopic (exact) mass is 290 g/mol. The lowest BCUT2D eigenvalue weighted by Crippen LogP contribution is -2.44. The third-order valence-corrected chi connectivity index (χ3v) is 4.50. The molecule has 0 spiro atoms. The van der Waals surface area contributed by atoms with Crippen molar-refractivity contribution in [2.24, 2.45) is 11.3 Å². The smallest absolute Gasteiger partial charge is 0.310 e. The van der Waals surface area contributed by atoms with Gasteiger partial charge < -0.3 is 5.11 Å². The Morgan fingerprint density at radius 2 is 2.29 bits per heavy atom. The van der Waals surface area contributed by atoms with Gasteiger partial charge >= 0.3 is 5.97 Å². The summed E-state index contributed by atoms with van der Waals surface area (Å²) in [5.74, 6) is -0.140. The van der Waals surface area contributed by atoms with Crippen LogP contribution in [0.3, 0.4) is 0 Å². The van der Waals surface area contributed by atoms with Crippen molar-refractivity contribution in [3.05, 3.63) is 29.6 Å². The maximum absolute atomic E-state index is 11.8. The van der Waals surface area contributed by atoms with Gasteiger partial charge in [0.25, 0.3) is 0 Å². The molecule has 4 heteroatoms. The van der Waals surface area contributed by atoms with Crippen molar-refractivity contribution in [1.29, 1.82) is 0 Å². The number of hydrogen-bond acceptors (Lipinski definition) is 3. The van der Waals surface area contributed by atoms with E-state index in [0.29, 0.717) is 19.0 Å². The summed E-state index contributed by atoms with van der Waals surface area (Å²) >= 11 is 0. The summed E-state index contributed by atoms with van der Waals surface area (Å²) in [5, 5.41) is 9.72. The van der Waals surface area contributed by atoms with Crippen LogP contribution in [-0.2, 0) is 11.3 Å². The van der Waals surface area contributed by atoms with Gasteiger partial charge in [0.2, 0.25) is 0 Å². The zero-order chi connectivity index (χ0) is 15.5. The summed E-state index contributed by atoms with van der Waals surface area (Å²) in [6, 6.07) is 5.98. The molecule has 2 atom stereocenters. The van der Waals surface area contributed by atoms with Crippen LogP contribution in [0, 0.1) is 18.3 Å². The number of carboxylic acid groups (broad SMARTS) is 1. The molecule has 0 radical (unpaired) electrons. The third-order valence-electron chi connectivity index (χ3n) is 4.50. The van der Waals surface area contributed by atoms with Gasteiger partial charge in [-0.1, -0.05) is 25.8 Å². The molecule has 1 aromatic heterocycles. The molecule has 1 heterocycles. The van der Waals surface area contributed by atoms with Crippen LogP contribution in [0.4, 0.5) is 0 Å². The molecule has 1 saturated carbocycles. The first kappa shape index (κ1) is 16.0. The van der Waals surface area contributed by atoms with Crippen molar-refractivity contribution in [3.8, 4) is 0 Å². The fourth-order valence-electron chi connectivity index (χ4n) is 3.60. The van der Waals surface area contributed by atoms with Crippen LogP contribution in [0.25, 0.3) is 0 Å². The Hall–Kier alpha value is -1.42. The average molecular weight is 290 g/mol. The number of pyridine rings is 1. The van der Waals surface area contributed by atoms with Gasteiger partial charge in [-0.25, -0.2) is 0 Å². The van der Waals surface area contributed by atoms with Crippen LogP contribution in [0.2, 0.25) is 0 Å². The van der Waals surface area contributed by atoms with E-state index in [1.165, 1.54) is 0 Å². The van der Waals surface area contributed by atoms with E-state index >= 15 is 0 Å². The van der Waals surface area contributed by atoms with Gasteiger partial charge in [0.15, 0.2) is 0 Å². The molecule has 21 heavy (non-hydrogen) atoms. The first-order valence-electron chi connectivity index (χ1n) is 7.76. The molecule has 1 aliphatic rings. The topological polar surface area (TPSA) is 53.4 Å². The van der Waals surface area contributed by atoms with Crippen LogP contribution >= 0.6 is 0 Å². The Morgan fingerprint density at radius 3 is 2.90 bits per heavy atom. The minimum Gasteiger partial charge on any atom is -0.481 e. The first-order valence-corrected chi connectivity index (χ1v) is 7.76. The summed E-state index contributed by atoms with van der Waals surface area (Å²) in [5.41, 5.74) is 1.41. The van der Waals surface area contributed by atoms with E-state index in [1.54, 1.807) is 0 Å². The van der Waals surface area contributed by atoms with Crippen LogP contribution in [0.5, 0.6) is 0 Å². The molecule has 1 N–H and O–H groups in total. The second-order valence-electron chi connectivity index (χ2n) is 6.73. The van der Waals surface area contributed by atoms with Crippen LogP contribution in [0.15, 0.2) is 18.2 Å². The number of rotatable bonds is 5. The van der Waals surface area contributed by atoms with E-state index in [-0.39, 0.29) is 0 Å². The normalized spacial score (nSPS) is 26.0. The van der Waals surface area contributed by atoms with E-state index in [9.17, 15) is 9.90 Å². The Bertz CT molecular complexity index is 503. The van der Waals surface area contributed by atoms with Crippen LogP contribution in [0.1, 0.15) is 44.0 Å². The second kappa shape index (κ2) is 6.56. The Labute approximate surface area is 127 Å². The Kier molecular flexibility index (Phi) is 4.99. The van der Waals surface area contributed by atoms with E-state index in [1.807, 2.05) is 32.2 Å². The average Bonchev–Trinajstić information content (AvgIpc) is 2.38. The molecule has 0 aliphatic heterocycles. The van der Waals surface area contributed by atoms with Gasteiger partial charge in [0.05, 0.1) is 11.1 Å². The molecule has 0 bridgehead atoms. The van der Waals surface area contributed by atoms with Crippen LogP contribution in [-0.4, -0.2) is 34.6 Å². The van der Waals surface area contributed by atoms with Crippen molar-refractivity contribution in [2.45, 2.75) is 46.1 Å². The maximum Gasteiger partial charge on any atom is 0.310 e. The maximum atomic E-state index is 11.8. The molecule has 0 saturated heterocycles. The molecular weight excluding hydrogens is 264 g/mol. The zero-order valence-electron chi connectivity index (χ0n) is 13.3. The lowest BCUT2D eigenvalue weighted by atomic mass is 9.69. The Balaban J connectivity index is 2.05. The zero-order valence-corrected chi connectivity index (χ0v) is 13.3. The molecular formula is C17H26N2O2. The van der Waals surface area contributed by atoms with Crippen molar-refractivity contribution >= 4 is 5.97 Å². The SMILES string of the molecule is Cc1cccc(CN(C)CC2(C(=O)O)CCCC(C)C2)n1. The number of hydrogen-bond donors (Lipinski definition) is 1. The summed E-state index contributed by atoms with van der Waals surface area (Å²) in [4.78, 5) is 18.4. The summed E-state index contributed by atoms with van der Waals surface area (Å²) < 4.78 is 0. The minimum absolute atomic E-state index is 0.500. The highest BCUT2D eigenvalue weighted by atomic mass is 16.4. The lowest BCUT2D eigenvalue weighted by Gasteiger charge is -2.39. The molecule has 2 unspecified atom stereocenters. The fourth-order valence-corrected chi connectivity index (χ4v) is 3.60. The number of carboxylic acids is 1. The standard InChI is InChI=1S/C17H26N2O2/c1-13-6-5-9-17(10-13,16(20)21)12-19(3)11-15-8-4-7-14(2)18-15/h4,7-8,13H,5-6,9-12H2,1-3H3,(H,20,21). The lowest BCUT2D eigenvalue weighted by molar-refractivity contribution is -0.153. The summed E-state index contributed by atoms with van der Waals surface area (Å²) in [7, 11) is 1.99. The first-order chi connectivity index (χ1) is 9.91. The van der Waals surface area contributed by atoms with Crippen molar-refractivity contribution in [2.75, 3.05) is 13.6 Å². The molecule has 1 aliphatic carbocycles. The molecule has 4 nitrogen and oxygen atoms in total. The van der Waals surface area contributed by atoms with Crippen LogP contribution < -0.4 is 0 Å². The van der Waals surface area contributed by atoms with Gasteiger partial charge in [0, 0.05) is 18.8 Å². The number of nitrogens with zero attached hydrogens (tertiary/aromatic N) is 2. The molecule has 1 fully saturated rings. The van der Waals surface area contributed by atoms with Gasteiger partial charge in [0.1, 0.15) is 0 Å². The molecule has 2 rings (SSSR count). The molecule has 0 amide bonds. The largest absolute Gasteiger partial charge is 0.481 e. The molecule has 116 valence electrons. The minimum atomic E-state index is -0.641. The van der Waals surface area contributed by atoms with Crippen molar-refractivity contribution in [3.63, 3.8) is 0 Å². The highest BCUT2D eigenvalue weighted by Crippen LogP contribution is 2.40. The number of aliphatic carboxylic acids is 1. The Morgan fingerprint density at radius 1 is 1.52 bits per heavy atom. The van der Waals surface area contributed by atoms with E-state index in [2.05, 4.69) is 16.8 Å². The van der Waals surface area contributed by atoms with E-state index in [4.69, 9.17) is 0 Å². The highest BCUT2D eigenvalue weighted by Gasteiger charge is 2.42. The number of aromatic nitrogens is 1. The van der Waals surface area contributed by atoms with Gasteiger partial charge in [-0.2, -0.15) is 0 Å². The third kappa shape index (κ3) is 4.03. The number of aryl methyl sites for hydroxylation is 1. The van der Waals surface area contributed by atoms with E-state index in [0.717, 1.165) is 37.1 Å². The summed E-state index contributed by atoms with van der Waals surface area (Å²) in [6.45, 7) is 5.44. The molecule has 0 aromatic carbocycles. The van der Waals surface area contributed by atoms with Crippen molar-refractivity contribution < 1.29 is 9.90 Å². The highest BCUT2D eigenvalue weighted by molar-refractivity contribution is 5.75. The summed E-state index contributed by atoms with van der Waals surface area (Å²) in [6.07, 6.45) is 3.74. The second-order valence-corrected chi connectivity index (χ2v) is 6.73. The fraction of sp³-hybridized carbons (Fsp3) is 0.647. The van der Waals surface area contributed by atoms with Gasteiger partial charge in [-0.05, 0) is 44.9 Å². The quantitative estimate of drug-likeness (QED) is 0.905. The van der Waals surface area contributed by atoms with Gasteiger partial charge in [-0.3, -0.25) is 14.7 Å². The number of carbonyl (C=O) groups is 1. The predicted molar refractivity (Wildman–Crippen MR) is 83.0 cm³/mol. The van der Waals surface area contributed by atoms with E-state index < -0.39 is 11.4 Å². The van der Waals surface area contributed by atoms with Gasteiger partial charge in [-0.15, -0.1) is 0 Å². The molecule has 1 aromatic rings. The van der Waals surface area contributed by atoms with Crippen molar-refractivity contribution in [1.82, 2.24) is 9.88 Å². The predicted octanol–water partition coefficient (Wildman–Crippen LogP) is 3.10.